The van der Waals surface area contributed by atoms with Crippen molar-refractivity contribution in [2.24, 2.45) is 0 Å². The molecule has 1 aliphatic heterocycles. The average molecular weight is 797 g/mol. The fraction of sp³-hybridized carbons (Fsp3) is 0.164. The van der Waals surface area contributed by atoms with E-state index in [9.17, 15) is 0 Å². The summed E-state index contributed by atoms with van der Waals surface area (Å²) in [7, 11) is -0.695. The second-order valence-electron chi connectivity index (χ2n) is 17.6. The number of rotatable bonds is 9. The normalized spacial score (nSPS) is 15.6. The first-order chi connectivity index (χ1) is 29.5. The lowest BCUT2D eigenvalue weighted by Crippen LogP contribution is -2.41. The van der Waals surface area contributed by atoms with Crippen molar-refractivity contribution in [2.75, 3.05) is 9.80 Å². The van der Waals surface area contributed by atoms with Gasteiger partial charge in [-0.15, -0.1) is 0 Å². The smallest absolute Gasteiger partial charge is 0.458 e. The minimum Gasteiger partial charge on any atom is -0.458 e. The van der Waals surface area contributed by atoms with E-state index in [1.807, 2.05) is 18.2 Å². The molecular formula is C55H49BN2O3. The van der Waals surface area contributed by atoms with Crippen LogP contribution >= 0.6 is 0 Å². The predicted octanol–water partition coefficient (Wildman–Crippen LogP) is 14.2. The number of anilines is 6. The molecule has 300 valence electrons. The summed E-state index contributed by atoms with van der Waals surface area (Å²) in [5.74, 6) is 1.42. The monoisotopic (exact) mass is 796 g/mol. The van der Waals surface area contributed by atoms with E-state index in [-0.39, 0.29) is 5.41 Å². The summed E-state index contributed by atoms with van der Waals surface area (Å²) >= 11 is 0. The minimum atomic E-state index is -0.695. The second-order valence-corrected chi connectivity index (χ2v) is 17.6. The van der Waals surface area contributed by atoms with Crippen molar-refractivity contribution in [1.82, 2.24) is 0 Å². The Hall–Kier alpha value is -6.60. The van der Waals surface area contributed by atoms with E-state index in [1.54, 1.807) is 0 Å². The summed E-state index contributed by atoms with van der Waals surface area (Å²) in [6.07, 6.45) is 0. The first-order valence-corrected chi connectivity index (χ1v) is 21.2. The van der Waals surface area contributed by atoms with Crippen LogP contribution in [0.1, 0.15) is 52.7 Å². The topological polar surface area (TPSA) is 34.2 Å². The van der Waals surface area contributed by atoms with Crippen LogP contribution in [0, 0.1) is 0 Å². The van der Waals surface area contributed by atoms with Crippen LogP contribution in [0.25, 0.3) is 21.9 Å². The molecule has 61 heavy (non-hydrogen) atoms. The van der Waals surface area contributed by atoms with Crippen molar-refractivity contribution in [1.29, 1.82) is 0 Å². The van der Waals surface area contributed by atoms with E-state index in [2.05, 4.69) is 221 Å². The third-order valence-corrected chi connectivity index (χ3v) is 12.9. The van der Waals surface area contributed by atoms with E-state index in [0.29, 0.717) is 5.75 Å². The molecular weight excluding hydrogens is 747 g/mol. The van der Waals surface area contributed by atoms with Gasteiger partial charge >= 0.3 is 7.12 Å². The molecule has 0 unspecified atom stereocenters. The summed E-state index contributed by atoms with van der Waals surface area (Å²) in [6.45, 7) is 13.1. The highest BCUT2D eigenvalue weighted by atomic mass is 16.7. The summed E-state index contributed by atoms with van der Waals surface area (Å²) in [6, 6.07) is 66.2. The first kappa shape index (κ1) is 38.6. The van der Waals surface area contributed by atoms with E-state index in [1.165, 1.54) is 33.0 Å². The zero-order chi connectivity index (χ0) is 41.9. The summed E-state index contributed by atoms with van der Waals surface area (Å²) in [5, 5.41) is 2.39. The highest BCUT2D eigenvalue weighted by Gasteiger charge is 2.53. The molecule has 8 aromatic carbocycles. The fourth-order valence-electron chi connectivity index (χ4n) is 9.11. The Labute approximate surface area is 359 Å². The highest BCUT2D eigenvalue weighted by molar-refractivity contribution is 6.65. The zero-order valence-electron chi connectivity index (χ0n) is 35.6. The predicted molar refractivity (Wildman–Crippen MR) is 253 cm³/mol. The average Bonchev–Trinajstić information content (AvgIpc) is 3.64. The quantitative estimate of drug-likeness (QED) is 0.136. The van der Waals surface area contributed by atoms with Crippen molar-refractivity contribution in [2.45, 2.75) is 58.2 Å². The third-order valence-electron chi connectivity index (χ3n) is 12.9. The van der Waals surface area contributed by atoms with Crippen molar-refractivity contribution in [3.8, 4) is 22.6 Å². The number of para-hydroxylation sites is 4. The van der Waals surface area contributed by atoms with Crippen molar-refractivity contribution < 1.29 is 14.0 Å². The van der Waals surface area contributed by atoms with Gasteiger partial charge in [-0.3, -0.25) is 0 Å². The number of benzene rings is 8. The molecule has 6 heteroatoms. The van der Waals surface area contributed by atoms with Gasteiger partial charge in [0.05, 0.1) is 16.9 Å². The lowest BCUT2D eigenvalue weighted by Gasteiger charge is -2.32. The molecule has 10 rings (SSSR count). The summed E-state index contributed by atoms with van der Waals surface area (Å²) in [5.41, 5.74) is 10.7. The number of nitrogens with zero attached hydrogens (tertiary/aromatic N) is 2. The Kier molecular flexibility index (Phi) is 9.39. The highest BCUT2D eigenvalue weighted by Crippen LogP contribution is 2.55. The van der Waals surface area contributed by atoms with Crippen LogP contribution in [0.2, 0.25) is 0 Å². The lowest BCUT2D eigenvalue weighted by atomic mass is 9.76. The van der Waals surface area contributed by atoms with Gasteiger partial charge in [-0.2, -0.15) is 0 Å². The van der Waals surface area contributed by atoms with Gasteiger partial charge in [-0.05, 0) is 134 Å². The van der Waals surface area contributed by atoms with E-state index < -0.39 is 18.3 Å². The van der Waals surface area contributed by atoms with Gasteiger partial charge in [0.2, 0.25) is 0 Å². The van der Waals surface area contributed by atoms with Gasteiger partial charge in [0.25, 0.3) is 0 Å². The SMILES string of the molecule is CC1(C)c2ccc(Oc3cccc(N(c4ccccc4)c4ccccc4)c3B3OC(C)(C)C(C)(C)O3)cc2-c2c1cc(N(c1ccccc1)c1ccccc1)c1ccccc21. The molecule has 0 spiro atoms. The van der Waals surface area contributed by atoms with Crippen LogP contribution < -0.4 is 20.0 Å². The van der Waals surface area contributed by atoms with Gasteiger partial charge < -0.3 is 23.8 Å². The van der Waals surface area contributed by atoms with Crippen LogP contribution in [0.4, 0.5) is 34.1 Å². The molecule has 8 aromatic rings. The maximum atomic E-state index is 7.12. The van der Waals surface area contributed by atoms with E-state index >= 15 is 0 Å². The zero-order valence-corrected chi connectivity index (χ0v) is 35.6. The summed E-state index contributed by atoms with van der Waals surface area (Å²) in [4.78, 5) is 4.64. The Morgan fingerprint density at radius 3 is 1.44 bits per heavy atom. The molecule has 0 atom stereocenters. The lowest BCUT2D eigenvalue weighted by molar-refractivity contribution is 0.00578. The fourth-order valence-corrected chi connectivity index (χ4v) is 9.11. The second kappa shape index (κ2) is 14.8. The van der Waals surface area contributed by atoms with Crippen molar-refractivity contribution in [3.63, 3.8) is 0 Å². The van der Waals surface area contributed by atoms with Crippen LogP contribution in [0.3, 0.4) is 0 Å². The standard InChI is InChI=1S/C55H49BN2O3/c1-53(2)46-35-34-42(36-45(46)51-44-31-20-19-30-43(44)49(37-47(51)53)58(40-26-15-9-16-27-40)41-28-17-10-18-29-41)59-50-33-21-32-48(52(50)56-60-54(3,4)55(5,6)61-56)57(38-22-11-7-12-23-38)39-24-13-8-14-25-39/h7-37H,1-6H3. The van der Waals surface area contributed by atoms with Gasteiger partial charge in [0, 0.05) is 44.7 Å². The molecule has 1 aliphatic carbocycles. The number of ether oxygens (including phenoxy) is 1. The largest absolute Gasteiger partial charge is 0.500 e. The molecule has 5 nitrogen and oxygen atoms in total. The Balaban J connectivity index is 1.13. The summed E-state index contributed by atoms with van der Waals surface area (Å²) < 4.78 is 20.8. The maximum absolute atomic E-state index is 7.12. The van der Waals surface area contributed by atoms with Crippen molar-refractivity contribution >= 4 is 57.5 Å². The molecule has 2 aliphatic rings. The molecule has 1 saturated heterocycles. The third kappa shape index (κ3) is 6.58. The van der Waals surface area contributed by atoms with Gasteiger partial charge in [-0.25, -0.2) is 0 Å². The molecule has 1 fully saturated rings. The Morgan fingerprint density at radius 2 is 0.918 bits per heavy atom. The van der Waals surface area contributed by atoms with E-state index in [4.69, 9.17) is 14.0 Å². The number of fused-ring (bicyclic) bond motifs is 5. The van der Waals surface area contributed by atoms with Crippen LogP contribution in [0.5, 0.6) is 11.5 Å². The molecule has 0 N–H and O–H groups in total. The van der Waals surface area contributed by atoms with Gasteiger partial charge in [-0.1, -0.05) is 123 Å². The molecule has 0 amide bonds. The van der Waals surface area contributed by atoms with E-state index in [0.717, 1.165) is 45.3 Å². The van der Waals surface area contributed by atoms with Crippen LogP contribution in [-0.2, 0) is 14.7 Å². The first-order valence-electron chi connectivity index (χ1n) is 21.2. The van der Waals surface area contributed by atoms with Gasteiger partial charge in [0.15, 0.2) is 0 Å². The molecule has 0 radical (unpaired) electrons. The Bertz CT molecular complexity index is 2790. The van der Waals surface area contributed by atoms with Gasteiger partial charge in [0.1, 0.15) is 11.5 Å². The van der Waals surface area contributed by atoms with Crippen molar-refractivity contribution in [3.05, 3.63) is 199 Å². The molecule has 0 aromatic heterocycles. The number of hydrogen-bond acceptors (Lipinski definition) is 5. The molecule has 0 saturated carbocycles. The Morgan fingerprint density at radius 1 is 0.443 bits per heavy atom. The van der Waals surface area contributed by atoms with Crippen LogP contribution in [-0.4, -0.2) is 18.3 Å². The maximum Gasteiger partial charge on any atom is 0.500 e. The number of hydrogen-bond donors (Lipinski definition) is 0. The van der Waals surface area contributed by atoms with Crippen LogP contribution in [0.15, 0.2) is 188 Å². The molecule has 1 heterocycles. The minimum absolute atomic E-state index is 0.277. The molecule has 0 bridgehead atoms.